The van der Waals surface area contributed by atoms with Gasteiger partial charge in [-0.05, 0) is 11.5 Å². The molecule has 2 aromatic carbocycles. The van der Waals surface area contributed by atoms with Gasteiger partial charge in [-0.1, -0.05) is 67.0 Å². The average Bonchev–Trinajstić information content (AvgIpc) is 2.26. The molecule has 0 aliphatic heterocycles. The second kappa shape index (κ2) is 4.26. The summed E-state index contributed by atoms with van der Waals surface area (Å²) >= 11 is 3.53. The van der Waals surface area contributed by atoms with Crippen molar-refractivity contribution in [1.29, 1.82) is 0 Å². The molecule has 2 rings (SSSR count). The molecule has 0 spiro atoms. The lowest BCUT2D eigenvalue weighted by molar-refractivity contribution is 0.0860. The molecule has 0 atom stereocenters. The Morgan fingerprint density at radius 3 is 2.24 bits per heavy atom. The fourth-order valence-corrected chi connectivity index (χ4v) is 2.48. The predicted octanol–water partition coefficient (Wildman–Crippen LogP) is 4.83. The summed E-state index contributed by atoms with van der Waals surface area (Å²) in [4.78, 5) is 12.4. The maximum atomic E-state index is 12.4. The van der Waals surface area contributed by atoms with E-state index in [0.29, 0.717) is 0 Å². The fourth-order valence-electron chi connectivity index (χ4n) is 1.89. The molecule has 0 bridgehead atoms. The number of rotatable bonds is 1. The Bertz CT molecular complexity index is 574. The van der Waals surface area contributed by atoms with E-state index in [1.54, 1.807) is 0 Å². The third-order valence-electron chi connectivity index (χ3n) is 2.78. The van der Waals surface area contributed by atoms with Crippen LogP contribution in [0.25, 0.3) is 10.8 Å². The van der Waals surface area contributed by atoms with E-state index in [1.165, 1.54) is 0 Å². The van der Waals surface area contributed by atoms with Crippen LogP contribution in [0.4, 0.5) is 0 Å². The third kappa shape index (κ3) is 2.27. The highest BCUT2D eigenvalue weighted by molar-refractivity contribution is 9.10. The zero-order chi connectivity index (χ0) is 12.6. The summed E-state index contributed by atoms with van der Waals surface area (Å²) in [6, 6.07) is 11.9. The van der Waals surface area contributed by atoms with Crippen molar-refractivity contribution in [2.24, 2.45) is 5.41 Å². The van der Waals surface area contributed by atoms with Gasteiger partial charge in [0.05, 0.1) is 0 Å². The minimum Gasteiger partial charge on any atom is -0.294 e. The van der Waals surface area contributed by atoms with Gasteiger partial charge in [0.2, 0.25) is 0 Å². The Labute approximate surface area is 110 Å². The van der Waals surface area contributed by atoms with Crippen molar-refractivity contribution < 1.29 is 4.79 Å². The Kier molecular flexibility index (Phi) is 3.09. The summed E-state index contributed by atoms with van der Waals surface area (Å²) in [5.74, 6) is 0.176. The van der Waals surface area contributed by atoms with E-state index in [9.17, 15) is 4.79 Å². The van der Waals surface area contributed by atoms with Gasteiger partial charge in [-0.3, -0.25) is 4.79 Å². The largest absolute Gasteiger partial charge is 0.294 e. The number of carbonyl (C=O) groups excluding carboxylic acids is 1. The Morgan fingerprint density at radius 2 is 1.65 bits per heavy atom. The zero-order valence-corrected chi connectivity index (χ0v) is 11.8. The molecule has 0 heterocycles. The van der Waals surface area contributed by atoms with Crippen LogP contribution in [0.1, 0.15) is 31.1 Å². The molecule has 0 saturated carbocycles. The van der Waals surface area contributed by atoms with Gasteiger partial charge >= 0.3 is 0 Å². The highest BCUT2D eigenvalue weighted by atomic mass is 79.9. The highest BCUT2D eigenvalue weighted by Crippen LogP contribution is 2.31. The van der Waals surface area contributed by atoms with E-state index in [-0.39, 0.29) is 11.2 Å². The maximum Gasteiger partial charge on any atom is 0.168 e. The molecule has 17 heavy (non-hydrogen) atoms. The summed E-state index contributed by atoms with van der Waals surface area (Å²) < 4.78 is 0.975. The predicted molar refractivity (Wildman–Crippen MR) is 75.4 cm³/mol. The second-order valence-corrected chi connectivity index (χ2v) is 6.08. The molecule has 0 N–H and O–H groups in total. The lowest BCUT2D eigenvalue weighted by atomic mass is 9.85. The van der Waals surface area contributed by atoms with Gasteiger partial charge in [-0.2, -0.15) is 0 Å². The molecule has 0 aliphatic rings. The van der Waals surface area contributed by atoms with Crippen molar-refractivity contribution in [2.75, 3.05) is 0 Å². The highest BCUT2D eigenvalue weighted by Gasteiger charge is 2.24. The van der Waals surface area contributed by atoms with Crippen LogP contribution in [0, 0.1) is 5.41 Å². The molecule has 1 nitrogen and oxygen atoms in total. The lowest BCUT2D eigenvalue weighted by Crippen LogP contribution is -2.20. The number of fused-ring (bicyclic) bond motifs is 1. The smallest absolute Gasteiger partial charge is 0.168 e. The van der Waals surface area contributed by atoms with E-state index in [1.807, 2.05) is 57.2 Å². The van der Waals surface area contributed by atoms with Crippen LogP contribution in [0.2, 0.25) is 0 Å². The molecule has 2 aromatic rings. The normalized spacial score (nSPS) is 11.8. The summed E-state index contributed by atoms with van der Waals surface area (Å²) in [6.45, 7) is 5.85. The first kappa shape index (κ1) is 12.3. The van der Waals surface area contributed by atoms with Crippen molar-refractivity contribution in [3.8, 4) is 0 Å². The number of carbonyl (C=O) groups is 1. The first-order valence-corrected chi connectivity index (χ1v) is 6.42. The molecule has 0 aromatic heterocycles. The maximum absolute atomic E-state index is 12.4. The number of halogens is 1. The van der Waals surface area contributed by atoms with Crippen LogP contribution < -0.4 is 0 Å². The second-order valence-electron chi connectivity index (χ2n) is 5.22. The quantitative estimate of drug-likeness (QED) is 0.688. The SMILES string of the molecule is CC(C)(C)C(=O)c1cccc2cccc(Br)c12. The summed E-state index contributed by atoms with van der Waals surface area (Å²) in [5, 5.41) is 2.10. The van der Waals surface area contributed by atoms with Crippen molar-refractivity contribution in [3.63, 3.8) is 0 Å². The van der Waals surface area contributed by atoms with Crippen molar-refractivity contribution >= 4 is 32.5 Å². The third-order valence-corrected chi connectivity index (χ3v) is 3.44. The number of Topliss-reactive ketones (excluding diaryl/α,β-unsaturated/α-hetero) is 1. The number of ketones is 1. The van der Waals surface area contributed by atoms with Crippen LogP contribution in [-0.2, 0) is 0 Å². The minimum absolute atomic E-state index is 0.176. The Morgan fingerprint density at radius 1 is 1.06 bits per heavy atom. The fraction of sp³-hybridized carbons (Fsp3) is 0.267. The van der Waals surface area contributed by atoms with E-state index in [2.05, 4.69) is 15.9 Å². The first-order valence-electron chi connectivity index (χ1n) is 5.63. The standard InChI is InChI=1S/C15H15BrO/c1-15(2,3)14(17)11-8-4-6-10-7-5-9-12(16)13(10)11/h4-9H,1-3H3. The van der Waals surface area contributed by atoms with Gasteiger partial charge in [0, 0.05) is 20.8 Å². The van der Waals surface area contributed by atoms with Crippen LogP contribution in [-0.4, -0.2) is 5.78 Å². The van der Waals surface area contributed by atoms with Crippen LogP contribution in [0.15, 0.2) is 40.9 Å². The molecule has 0 saturated heterocycles. The van der Waals surface area contributed by atoms with Gasteiger partial charge in [0.1, 0.15) is 0 Å². The minimum atomic E-state index is -0.358. The van der Waals surface area contributed by atoms with Crippen molar-refractivity contribution in [2.45, 2.75) is 20.8 Å². The summed E-state index contributed by atoms with van der Waals surface area (Å²) in [7, 11) is 0. The van der Waals surface area contributed by atoms with Gasteiger partial charge in [0.15, 0.2) is 5.78 Å². The Hall–Kier alpha value is -1.15. The van der Waals surface area contributed by atoms with E-state index in [4.69, 9.17) is 0 Å². The van der Waals surface area contributed by atoms with Crippen molar-refractivity contribution in [3.05, 3.63) is 46.4 Å². The van der Waals surface area contributed by atoms with Gasteiger partial charge in [-0.15, -0.1) is 0 Å². The molecule has 0 amide bonds. The molecule has 0 radical (unpaired) electrons. The average molecular weight is 291 g/mol. The van der Waals surface area contributed by atoms with Gasteiger partial charge in [0.25, 0.3) is 0 Å². The summed E-state index contributed by atoms with van der Waals surface area (Å²) in [5.41, 5.74) is 0.436. The van der Waals surface area contributed by atoms with E-state index >= 15 is 0 Å². The Balaban J connectivity index is 2.75. The van der Waals surface area contributed by atoms with Crippen molar-refractivity contribution in [1.82, 2.24) is 0 Å². The molecular formula is C15H15BrO. The van der Waals surface area contributed by atoms with Crippen LogP contribution in [0.3, 0.4) is 0 Å². The molecular weight excluding hydrogens is 276 g/mol. The van der Waals surface area contributed by atoms with Crippen LogP contribution >= 0.6 is 15.9 Å². The molecule has 2 heteroatoms. The lowest BCUT2D eigenvalue weighted by Gasteiger charge is -2.18. The molecule has 0 unspecified atom stereocenters. The molecule has 88 valence electrons. The van der Waals surface area contributed by atoms with E-state index in [0.717, 1.165) is 20.8 Å². The first-order chi connectivity index (χ1) is 7.91. The summed E-state index contributed by atoms with van der Waals surface area (Å²) in [6.07, 6.45) is 0. The topological polar surface area (TPSA) is 17.1 Å². The number of hydrogen-bond acceptors (Lipinski definition) is 1. The van der Waals surface area contributed by atoms with Crippen LogP contribution in [0.5, 0.6) is 0 Å². The van der Waals surface area contributed by atoms with E-state index < -0.39 is 0 Å². The van der Waals surface area contributed by atoms with Gasteiger partial charge in [-0.25, -0.2) is 0 Å². The molecule has 0 aliphatic carbocycles. The molecule has 0 fully saturated rings. The number of benzene rings is 2. The monoisotopic (exact) mass is 290 g/mol. The van der Waals surface area contributed by atoms with Gasteiger partial charge < -0.3 is 0 Å². The zero-order valence-electron chi connectivity index (χ0n) is 10.3. The number of hydrogen-bond donors (Lipinski definition) is 0.